The molecule has 5 nitrogen and oxygen atoms in total. The van der Waals surface area contributed by atoms with Gasteiger partial charge in [-0.25, -0.2) is 13.6 Å². The van der Waals surface area contributed by atoms with Crippen molar-refractivity contribution in [3.8, 4) is 0 Å². The summed E-state index contributed by atoms with van der Waals surface area (Å²) in [5.41, 5.74) is 1.83. The second kappa shape index (κ2) is 7.42. The summed E-state index contributed by atoms with van der Waals surface area (Å²) in [5, 5.41) is 7.07. The van der Waals surface area contributed by atoms with Crippen molar-refractivity contribution in [1.29, 1.82) is 0 Å². The highest BCUT2D eigenvalue weighted by Gasteiger charge is 2.35. The van der Waals surface area contributed by atoms with Gasteiger partial charge in [-0.1, -0.05) is 30.3 Å². The first-order chi connectivity index (χ1) is 11.6. The van der Waals surface area contributed by atoms with Crippen LogP contribution in [-0.4, -0.2) is 39.7 Å². The zero-order valence-corrected chi connectivity index (χ0v) is 13.2. The van der Waals surface area contributed by atoms with E-state index in [2.05, 4.69) is 10.4 Å². The first-order valence-electron chi connectivity index (χ1n) is 8.02. The van der Waals surface area contributed by atoms with E-state index in [1.807, 2.05) is 42.6 Å². The Bertz CT molecular complexity index is 674. The van der Waals surface area contributed by atoms with Crippen molar-refractivity contribution in [2.45, 2.75) is 38.4 Å². The minimum atomic E-state index is -2.50. The molecule has 24 heavy (non-hydrogen) atoms. The molecule has 0 unspecified atom stereocenters. The van der Waals surface area contributed by atoms with E-state index in [0.29, 0.717) is 31.6 Å². The van der Waals surface area contributed by atoms with Gasteiger partial charge in [-0.05, 0) is 24.5 Å². The maximum atomic E-state index is 12.9. The lowest BCUT2D eigenvalue weighted by molar-refractivity contribution is 0.0606. The molecular formula is C17H20F2N4O. The summed E-state index contributed by atoms with van der Waals surface area (Å²) in [6.07, 6.45) is 0.320. The fraction of sp³-hybridized carbons (Fsp3) is 0.412. The van der Waals surface area contributed by atoms with Gasteiger partial charge in [0.1, 0.15) is 0 Å². The minimum Gasteiger partial charge on any atom is -0.332 e. The van der Waals surface area contributed by atoms with Crippen molar-refractivity contribution in [3.63, 3.8) is 0 Å². The molecule has 1 saturated heterocycles. The van der Waals surface area contributed by atoms with E-state index in [0.717, 1.165) is 5.56 Å². The van der Waals surface area contributed by atoms with Crippen LogP contribution in [0.4, 0.5) is 13.6 Å². The number of carbonyl (C=O) groups excluding carboxylic acids is 1. The Labute approximate surface area is 139 Å². The molecule has 1 aliphatic rings. The number of amides is 2. The van der Waals surface area contributed by atoms with Crippen LogP contribution in [-0.2, 0) is 13.1 Å². The van der Waals surface area contributed by atoms with Crippen LogP contribution in [0.1, 0.15) is 24.1 Å². The van der Waals surface area contributed by atoms with Gasteiger partial charge in [-0.2, -0.15) is 5.10 Å². The Balaban J connectivity index is 1.53. The largest absolute Gasteiger partial charge is 0.332 e. The van der Waals surface area contributed by atoms with E-state index in [4.69, 9.17) is 0 Å². The molecule has 0 aliphatic carbocycles. The summed E-state index contributed by atoms with van der Waals surface area (Å²) in [4.78, 5) is 13.3. The van der Waals surface area contributed by atoms with Gasteiger partial charge in [0.25, 0.3) is 6.43 Å². The lowest BCUT2D eigenvalue weighted by Crippen LogP contribution is -2.45. The number of alkyl halides is 2. The van der Waals surface area contributed by atoms with Gasteiger partial charge in [0.15, 0.2) is 0 Å². The van der Waals surface area contributed by atoms with Crippen molar-refractivity contribution in [1.82, 2.24) is 20.0 Å². The number of carbonyl (C=O) groups is 1. The number of nitrogens with one attached hydrogen (secondary N) is 1. The average Bonchev–Trinajstić information content (AvgIpc) is 3.23. The molecule has 1 aliphatic heterocycles. The second-order valence-corrected chi connectivity index (χ2v) is 5.89. The number of likely N-dealkylation sites (tertiary alicyclic amines) is 1. The molecule has 2 heterocycles. The summed E-state index contributed by atoms with van der Waals surface area (Å²) in [5.74, 6) is 0. The summed E-state index contributed by atoms with van der Waals surface area (Å²) in [7, 11) is 0. The Morgan fingerprint density at radius 2 is 2.08 bits per heavy atom. The van der Waals surface area contributed by atoms with Gasteiger partial charge in [-0.15, -0.1) is 0 Å². The third-order valence-corrected chi connectivity index (χ3v) is 4.15. The van der Waals surface area contributed by atoms with Crippen molar-refractivity contribution in [3.05, 3.63) is 53.9 Å². The number of aromatic nitrogens is 2. The van der Waals surface area contributed by atoms with E-state index >= 15 is 0 Å². The van der Waals surface area contributed by atoms with E-state index in [1.165, 1.54) is 4.90 Å². The average molecular weight is 334 g/mol. The lowest BCUT2D eigenvalue weighted by atomic mass is 10.2. The quantitative estimate of drug-likeness (QED) is 0.914. The smallest absolute Gasteiger partial charge is 0.318 e. The van der Waals surface area contributed by atoms with Gasteiger partial charge >= 0.3 is 6.03 Å². The topological polar surface area (TPSA) is 50.2 Å². The van der Waals surface area contributed by atoms with Gasteiger partial charge in [-0.3, -0.25) is 4.68 Å². The minimum absolute atomic E-state index is 0.229. The number of hydrogen-bond acceptors (Lipinski definition) is 2. The van der Waals surface area contributed by atoms with Crippen LogP contribution >= 0.6 is 0 Å². The Morgan fingerprint density at radius 3 is 2.83 bits per heavy atom. The highest BCUT2D eigenvalue weighted by Crippen LogP contribution is 2.22. The molecule has 1 N–H and O–H groups in total. The van der Waals surface area contributed by atoms with Crippen molar-refractivity contribution < 1.29 is 13.6 Å². The molecule has 0 bridgehead atoms. The van der Waals surface area contributed by atoms with Crippen molar-refractivity contribution in [2.75, 3.05) is 6.54 Å². The molecule has 1 aromatic heterocycles. The number of benzene rings is 1. The van der Waals surface area contributed by atoms with Gasteiger partial charge in [0.05, 0.1) is 24.8 Å². The Morgan fingerprint density at radius 1 is 1.29 bits per heavy atom. The SMILES string of the molecule is O=C(NCc1ccn(Cc2ccccc2)n1)N1CCC[C@H]1C(F)F. The van der Waals surface area contributed by atoms with Crippen LogP contribution in [0.3, 0.4) is 0 Å². The number of rotatable bonds is 5. The van der Waals surface area contributed by atoms with Crippen LogP contribution < -0.4 is 5.32 Å². The first kappa shape index (κ1) is 16.4. The predicted octanol–water partition coefficient (Wildman–Crippen LogP) is 2.87. The van der Waals surface area contributed by atoms with Crippen LogP contribution in [0.25, 0.3) is 0 Å². The molecule has 1 atom stereocenters. The second-order valence-electron chi connectivity index (χ2n) is 5.89. The molecule has 0 saturated carbocycles. The van der Waals surface area contributed by atoms with Gasteiger partial charge in [0.2, 0.25) is 0 Å². The molecule has 7 heteroatoms. The number of halogens is 2. The van der Waals surface area contributed by atoms with E-state index < -0.39 is 18.5 Å². The monoisotopic (exact) mass is 334 g/mol. The third-order valence-electron chi connectivity index (χ3n) is 4.15. The van der Waals surface area contributed by atoms with Crippen LogP contribution in [0, 0.1) is 0 Å². The zero-order chi connectivity index (χ0) is 16.9. The molecule has 2 aromatic rings. The maximum absolute atomic E-state index is 12.9. The molecular weight excluding hydrogens is 314 g/mol. The Hall–Kier alpha value is -2.44. The normalized spacial score (nSPS) is 17.5. The fourth-order valence-electron chi connectivity index (χ4n) is 2.93. The summed E-state index contributed by atoms with van der Waals surface area (Å²) in [6.45, 7) is 1.25. The highest BCUT2D eigenvalue weighted by molar-refractivity contribution is 5.74. The third kappa shape index (κ3) is 3.90. The molecule has 1 aromatic carbocycles. The van der Waals surface area contributed by atoms with Crippen LogP contribution in [0.2, 0.25) is 0 Å². The fourth-order valence-corrected chi connectivity index (χ4v) is 2.93. The lowest BCUT2D eigenvalue weighted by Gasteiger charge is -2.24. The molecule has 0 spiro atoms. The molecule has 2 amide bonds. The maximum Gasteiger partial charge on any atom is 0.318 e. The highest BCUT2D eigenvalue weighted by atomic mass is 19.3. The van der Waals surface area contributed by atoms with Crippen molar-refractivity contribution >= 4 is 6.03 Å². The van der Waals surface area contributed by atoms with Gasteiger partial charge in [0, 0.05) is 12.7 Å². The molecule has 3 rings (SSSR count). The molecule has 0 radical (unpaired) electrons. The number of nitrogens with zero attached hydrogens (tertiary/aromatic N) is 3. The first-order valence-corrected chi connectivity index (χ1v) is 8.02. The summed E-state index contributed by atoms with van der Waals surface area (Å²) in [6, 6.07) is 10.3. The van der Waals surface area contributed by atoms with Crippen molar-refractivity contribution in [2.24, 2.45) is 0 Å². The standard InChI is InChI=1S/C17H20F2N4O/c18-16(19)15-7-4-9-23(15)17(24)20-11-14-8-10-22(21-14)12-13-5-2-1-3-6-13/h1-3,5-6,8,10,15-16H,4,7,9,11-12H2,(H,20,24)/t15-/m0/s1. The van der Waals surface area contributed by atoms with Crippen LogP contribution in [0.5, 0.6) is 0 Å². The van der Waals surface area contributed by atoms with E-state index in [9.17, 15) is 13.6 Å². The molecule has 128 valence electrons. The molecule has 1 fully saturated rings. The van der Waals surface area contributed by atoms with E-state index in [-0.39, 0.29) is 6.54 Å². The zero-order valence-electron chi connectivity index (χ0n) is 13.2. The van der Waals surface area contributed by atoms with Gasteiger partial charge < -0.3 is 10.2 Å². The van der Waals surface area contributed by atoms with E-state index in [1.54, 1.807) is 4.68 Å². The number of urea groups is 1. The number of hydrogen-bond donors (Lipinski definition) is 1. The summed E-state index contributed by atoms with van der Waals surface area (Å²) < 4.78 is 27.6. The Kier molecular flexibility index (Phi) is 5.08. The van der Waals surface area contributed by atoms with Crippen LogP contribution in [0.15, 0.2) is 42.6 Å². The summed E-state index contributed by atoms with van der Waals surface area (Å²) >= 11 is 0. The predicted molar refractivity (Wildman–Crippen MR) is 85.7 cm³/mol.